The molecule has 0 aliphatic carbocycles. The molecule has 14 heavy (non-hydrogen) atoms. The largest absolute Gasteiger partial charge is 0.383 e. The molecule has 0 bridgehead atoms. The Balaban J connectivity index is 2.76. The van der Waals surface area contributed by atoms with Gasteiger partial charge in [-0.15, -0.1) is 0 Å². The number of rotatable bonds is 1. The van der Waals surface area contributed by atoms with E-state index in [0.29, 0.717) is 11.4 Å². The average molecular weight is 187 g/mol. The SMILES string of the molecule is NC(=O)c1ccc2ccnc(N)c2c1. The van der Waals surface area contributed by atoms with Gasteiger partial charge in [0.2, 0.25) is 5.91 Å². The van der Waals surface area contributed by atoms with Gasteiger partial charge in [-0.1, -0.05) is 6.07 Å². The summed E-state index contributed by atoms with van der Waals surface area (Å²) in [4.78, 5) is 14.9. The molecule has 4 N–H and O–H groups in total. The molecule has 2 aromatic rings. The molecular weight excluding hydrogens is 178 g/mol. The van der Waals surface area contributed by atoms with Crippen LogP contribution in [0.3, 0.4) is 0 Å². The quantitative estimate of drug-likeness (QED) is 0.696. The van der Waals surface area contributed by atoms with Gasteiger partial charge in [0.1, 0.15) is 5.82 Å². The molecule has 0 fully saturated rings. The summed E-state index contributed by atoms with van der Waals surface area (Å²) >= 11 is 0. The van der Waals surface area contributed by atoms with Crippen LogP contribution in [0.2, 0.25) is 0 Å². The van der Waals surface area contributed by atoms with Crippen molar-refractivity contribution in [1.29, 1.82) is 0 Å². The predicted molar refractivity (Wildman–Crippen MR) is 54.7 cm³/mol. The van der Waals surface area contributed by atoms with Crippen molar-refractivity contribution in [2.75, 3.05) is 5.73 Å². The number of hydrogen-bond donors (Lipinski definition) is 2. The topological polar surface area (TPSA) is 82.0 Å². The van der Waals surface area contributed by atoms with Gasteiger partial charge in [0.25, 0.3) is 0 Å². The van der Waals surface area contributed by atoms with Gasteiger partial charge in [-0.2, -0.15) is 0 Å². The second kappa shape index (κ2) is 2.99. The number of aromatic nitrogens is 1. The Labute approximate surface area is 80.5 Å². The number of primary amides is 1. The normalized spacial score (nSPS) is 10.3. The van der Waals surface area contributed by atoms with Crippen LogP contribution in [-0.2, 0) is 0 Å². The lowest BCUT2D eigenvalue weighted by Gasteiger charge is -2.02. The maximum absolute atomic E-state index is 10.9. The monoisotopic (exact) mass is 187 g/mol. The molecule has 0 aliphatic heterocycles. The molecule has 2 rings (SSSR count). The number of carbonyl (C=O) groups is 1. The van der Waals surface area contributed by atoms with Gasteiger partial charge in [-0.05, 0) is 23.6 Å². The molecule has 70 valence electrons. The van der Waals surface area contributed by atoms with Crippen molar-refractivity contribution in [1.82, 2.24) is 4.98 Å². The first-order valence-electron chi connectivity index (χ1n) is 4.12. The van der Waals surface area contributed by atoms with Gasteiger partial charge in [0.15, 0.2) is 0 Å². The van der Waals surface area contributed by atoms with E-state index in [1.165, 1.54) is 0 Å². The molecule has 1 amide bonds. The van der Waals surface area contributed by atoms with Gasteiger partial charge in [0, 0.05) is 17.1 Å². The molecule has 4 nitrogen and oxygen atoms in total. The molecule has 0 spiro atoms. The van der Waals surface area contributed by atoms with E-state index in [9.17, 15) is 4.79 Å². The first-order valence-corrected chi connectivity index (χ1v) is 4.12. The van der Waals surface area contributed by atoms with E-state index < -0.39 is 5.91 Å². The standard InChI is InChI=1S/C10H9N3O/c11-9-8-5-7(10(12)14)2-1-6(8)3-4-13-9/h1-5H,(H2,11,13)(H2,12,14). The summed E-state index contributed by atoms with van der Waals surface area (Å²) in [6.45, 7) is 0. The molecular formula is C10H9N3O. The van der Waals surface area contributed by atoms with Crippen LogP contribution in [0.5, 0.6) is 0 Å². The summed E-state index contributed by atoms with van der Waals surface area (Å²) in [7, 11) is 0. The summed E-state index contributed by atoms with van der Waals surface area (Å²) in [5.74, 6) is -0.0549. The number of nitrogens with zero attached hydrogens (tertiary/aromatic N) is 1. The van der Waals surface area contributed by atoms with Crippen molar-refractivity contribution in [3.63, 3.8) is 0 Å². The zero-order valence-corrected chi connectivity index (χ0v) is 7.40. The fraction of sp³-hybridized carbons (Fsp3) is 0. The molecule has 4 heteroatoms. The number of anilines is 1. The van der Waals surface area contributed by atoms with Crippen LogP contribution in [0, 0.1) is 0 Å². The highest BCUT2D eigenvalue weighted by Crippen LogP contribution is 2.19. The Hall–Kier alpha value is -2.10. The van der Waals surface area contributed by atoms with Crippen LogP contribution in [0.15, 0.2) is 30.5 Å². The average Bonchev–Trinajstić information content (AvgIpc) is 2.18. The van der Waals surface area contributed by atoms with E-state index in [4.69, 9.17) is 11.5 Å². The van der Waals surface area contributed by atoms with Gasteiger partial charge in [-0.3, -0.25) is 4.79 Å². The summed E-state index contributed by atoms with van der Waals surface area (Å²) < 4.78 is 0. The highest BCUT2D eigenvalue weighted by Gasteiger charge is 2.03. The number of hydrogen-bond acceptors (Lipinski definition) is 3. The Morgan fingerprint density at radius 3 is 2.79 bits per heavy atom. The second-order valence-corrected chi connectivity index (χ2v) is 3.00. The molecule has 1 aromatic heterocycles. The van der Waals surface area contributed by atoms with Crippen molar-refractivity contribution in [3.8, 4) is 0 Å². The number of carbonyl (C=O) groups excluding carboxylic acids is 1. The van der Waals surface area contributed by atoms with Gasteiger partial charge >= 0.3 is 0 Å². The maximum atomic E-state index is 10.9. The first kappa shape index (κ1) is 8.50. The van der Waals surface area contributed by atoms with Crippen molar-refractivity contribution in [3.05, 3.63) is 36.0 Å². The lowest BCUT2D eigenvalue weighted by atomic mass is 10.1. The van der Waals surface area contributed by atoms with E-state index >= 15 is 0 Å². The molecule has 0 aliphatic rings. The van der Waals surface area contributed by atoms with Gasteiger partial charge in [-0.25, -0.2) is 4.98 Å². The van der Waals surface area contributed by atoms with Crippen molar-refractivity contribution in [2.24, 2.45) is 5.73 Å². The third-order valence-corrected chi connectivity index (χ3v) is 2.08. The van der Waals surface area contributed by atoms with Crippen LogP contribution in [-0.4, -0.2) is 10.9 Å². The number of fused-ring (bicyclic) bond motifs is 1. The minimum absolute atomic E-state index is 0.408. The maximum Gasteiger partial charge on any atom is 0.248 e. The summed E-state index contributed by atoms with van der Waals surface area (Å²) in [6, 6.07) is 6.95. The van der Waals surface area contributed by atoms with Gasteiger partial charge in [0.05, 0.1) is 0 Å². The molecule has 0 atom stereocenters. The molecule has 1 heterocycles. The fourth-order valence-corrected chi connectivity index (χ4v) is 1.34. The van der Waals surface area contributed by atoms with E-state index in [2.05, 4.69) is 4.98 Å². The molecule has 0 saturated carbocycles. The van der Waals surface area contributed by atoms with Crippen molar-refractivity contribution < 1.29 is 4.79 Å². The Kier molecular flexibility index (Phi) is 1.81. The second-order valence-electron chi connectivity index (χ2n) is 3.00. The fourth-order valence-electron chi connectivity index (χ4n) is 1.34. The number of benzene rings is 1. The minimum Gasteiger partial charge on any atom is -0.383 e. The minimum atomic E-state index is -0.463. The smallest absolute Gasteiger partial charge is 0.248 e. The van der Waals surface area contributed by atoms with Crippen LogP contribution >= 0.6 is 0 Å². The number of amides is 1. The van der Waals surface area contributed by atoms with E-state index in [1.807, 2.05) is 6.07 Å². The number of nitrogens with two attached hydrogens (primary N) is 2. The molecule has 0 radical (unpaired) electrons. The highest BCUT2D eigenvalue weighted by atomic mass is 16.1. The van der Waals surface area contributed by atoms with Crippen LogP contribution < -0.4 is 11.5 Å². The number of pyridine rings is 1. The van der Waals surface area contributed by atoms with Crippen molar-refractivity contribution >= 4 is 22.5 Å². The third-order valence-electron chi connectivity index (χ3n) is 2.08. The molecule has 1 aromatic carbocycles. The highest BCUT2D eigenvalue weighted by molar-refractivity contribution is 6.00. The van der Waals surface area contributed by atoms with Gasteiger partial charge < -0.3 is 11.5 Å². The molecule has 0 unspecified atom stereocenters. The summed E-state index contributed by atoms with van der Waals surface area (Å²) in [6.07, 6.45) is 1.63. The lowest BCUT2D eigenvalue weighted by molar-refractivity contribution is 0.100. The third kappa shape index (κ3) is 1.26. The number of nitrogen functional groups attached to an aromatic ring is 1. The van der Waals surface area contributed by atoms with Crippen LogP contribution in [0.1, 0.15) is 10.4 Å². The zero-order valence-electron chi connectivity index (χ0n) is 7.40. The van der Waals surface area contributed by atoms with E-state index in [-0.39, 0.29) is 0 Å². The van der Waals surface area contributed by atoms with Crippen LogP contribution in [0.4, 0.5) is 5.82 Å². The first-order chi connectivity index (χ1) is 6.68. The Bertz CT molecular complexity index is 508. The molecule has 0 saturated heterocycles. The van der Waals surface area contributed by atoms with E-state index in [0.717, 1.165) is 10.8 Å². The summed E-state index contributed by atoms with van der Waals surface area (Å²) in [5.41, 5.74) is 11.3. The van der Waals surface area contributed by atoms with Crippen molar-refractivity contribution in [2.45, 2.75) is 0 Å². The Morgan fingerprint density at radius 2 is 2.07 bits per heavy atom. The predicted octanol–water partition coefficient (Wildman–Crippen LogP) is 0.916. The Morgan fingerprint density at radius 1 is 1.29 bits per heavy atom. The van der Waals surface area contributed by atoms with E-state index in [1.54, 1.807) is 24.4 Å². The lowest BCUT2D eigenvalue weighted by Crippen LogP contribution is -2.10. The summed E-state index contributed by atoms with van der Waals surface area (Å²) in [5, 5.41) is 1.70. The van der Waals surface area contributed by atoms with Crippen LogP contribution in [0.25, 0.3) is 10.8 Å². The zero-order chi connectivity index (χ0) is 10.1.